The Balaban J connectivity index is 1.55. The molecule has 1 aromatic carbocycles. The van der Waals surface area contributed by atoms with E-state index in [4.69, 9.17) is 11.6 Å². The summed E-state index contributed by atoms with van der Waals surface area (Å²) < 4.78 is 1.83. The Kier molecular flexibility index (Phi) is 4.24. The van der Waals surface area contributed by atoms with Crippen molar-refractivity contribution < 1.29 is 5.11 Å². The van der Waals surface area contributed by atoms with Crippen LogP contribution in [0.25, 0.3) is 0 Å². The minimum Gasteiger partial charge on any atom is -0.385 e. The lowest BCUT2D eigenvalue weighted by Gasteiger charge is -2.38. The number of nitrogens with zero attached hydrogens (tertiary/aromatic N) is 4. The maximum Gasteiger partial charge on any atom is 0.0920 e. The van der Waals surface area contributed by atoms with Gasteiger partial charge in [-0.3, -0.25) is 4.68 Å². The number of hydrogen-bond acceptors (Lipinski definition) is 4. The van der Waals surface area contributed by atoms with Gasteiger partial charge >= 0.3 is 0 Å². The molecule has 0 radical (unpaired) electrons. The van der Waals surface area contributed by atoms with Crippen LogP contribution < -0.4 is 0 Å². The van der Waals surface area contributed by atoms with E-state index in [1.165, 1.54) is 0 Å². The second kappa shape index (κ2) is 6.13. The first-order chi connectivity index (χ1) is 10.2. The third kappa shape index (κ3) is 3.43. The molecule has 6 heteroatoms. The van der Waals surface area contributed by atoms with Crippen LogP contribution in [0.1, 0.15) is 18.4 Å². The lowest BCUT2D eigenvalue weighted by atomic mass is 9.84. The zero-order valence-corrected chi connectivity index (χ0v) is 12.6. The van der Waals surface area contributed by atoms with E-state index >= 15 is 0 Å². The van der Waals surface area contributed by atoms with Crippen molar-refractivity contribution in [1.82, 2.24) is 19.9 Å². The van der Waals surface area contributed by atoms with E-state index < -0.39 is 5.60 Å². The zero-order chi connectivity index (χ0) is 14.7. The highest BCUT2D eigenvalue weighted by atomic mass is 35.5. The van der Waals surface area contributed by atoms with Crippen LogP contribution in [0, 0.1) is 0 Å². The van der Waals surface area contributed by atoms with Crippen LogP contribution in [0.2, 0.25) is 5.02 Å². The highest BCUT2D eigenvalue weighted by molar-refractivity contribution is 6.30. The molecule has 0 unspecified atom stereocenters. The molecule has 0 spiro atoms. The van der Waals surface area contributed by atoms with Crippen LogP contribution in [0.3, 0.4) is 0 Å². The van der Waals surface area contributed by atoms with Gasteiger partial charge in [0.25, 0.3) is 0 Å². The normalized spacial score (nSPS) is 18.8. The monoisotopic (exact) mass is 306 g/mol. The largest absolute Gasteiger partial charge is 0.385 e. The summed E-state index contributed by atoms with van der Waals surface area (Å²) in [7, 11) is 0. The summed E-state index contributed by atoms with van der Waals surface area (Å²) in [6.07, 6.45) is 5.04. The van der Waals surface area contributed by atoms with E-state index in [0.29, 0.717) is 5.02 Å². The second-order valence-electron chi connectivity index (χ2n) is 5.55. The van der Waals surface area contributed by atoms with Crippen molar-refractivity contribution in [3.63, 3.8) is 0 Å². The summed E-state index contributed by atoms with van der Waals surface area (Å²) >= 11 is 5.91. The molecule has 1 aromatic heterocycles. The van der Waals surface area contributed by atoms with Gasteiger partial charge in [0.05, 0.1) is 18.3 Å². The van der Waals surface area contributed by atoms with E-state index in [9.17, 15) is 5.11 Å². The minimum atomic E-state index is -0.728. The number of benzene rings is 1. The van der Waals surface area contributed by atoms with E-state index in [0.717, 1.165) is 44.6 Å². The molecule has 0 atom stereocenters. The van der Waals surface area contributed by atoms with E-state index in [-0.39, 0.29) is 0 Å². The number of piperidine rings is 1. The van der Waals surface area contributed by atoms with Gasteiger partial charge in [-0.15, -0.1) is 5.10 Å². The molecule has 1 aliphatic heterocycles. The number of aromatic nitrogens is 3. The van der Waals surface area contributed by atoms with Crippen molar-refractivity contribution >= 4 is 11.6 Å². The average molecular weight is 307 g/mol. The topological polar surface area (TPSA) is 54.2 Å². The van der Waals surface area contributed by atoms with Crippen molar-refractivity contribution in [3.05, 3.63) is 47.2 Å². The number of halogens is 1. The fourth-order valence-electron chi connectivity index (χ4n) is 2.79. The van der Waals surface area contributed by atoms with Crippen molar-refractivity contribution in [3.8, 4) is 0 Å². The van der Waals surface area contributed by atoms with Crippen LogP contribution in [0.4, 0.5) is 0 Å². The van der Waals surface area contributed by atoms with Crippen LogP contribution >= 0.6 is 11.6 Å². The highest BCUT2D eigenvalue weighted by Gasteiger charge is 2.33. The van der Waals surface area contributed by atoms with Crippen molar-refractivity contribution in [1.29, 1.82) is 0 Å². The van der Waals surface area contributed by atoms with Gasteiger partial charge in [0.15, 0.2) is 0 Å². The highest BCUT2D eigenvalue weighted by Crippen LogP contribution is 2.33. The maximum atomic E-state index is 10.8. The fraction of sp³-hybridized carbons (Fsp3) is 0.467. The molecule has 0 aliphatic carbocycles. The van der Waals surface area contributed by atoms with Gasteiger partial charge in [-0.1, -0.05) is 28.9 Å². The van der Waals surface area contributed by atoms with Gasteiger partial charge in [0.2, 0.25) is 0 Å². The molecular formula is C15H19ClN4O. The lowest BCUT2D eigenvalue weighted by Crippen LogP contribution is -2.43. The average Bonchev–Trinajstić information content (AvgIpc) is 3.01. The first-order valence-corrected chi connectivity index (χ1v) is 7.58. The van der Waals surface area contributed by atoms with E-state index in [2.05, 4.69) is 15.2 Å². The first kappa shape index (κ1) is 14.5. The van der Waals surface area contributed by atoms with Crippen LogP contribution in [-0.4, -0.2) is 44.6 Å². The quantitative estimate of drug-likeness (QED) is 0.937. The maximum absolute atomic E-state index is 10.8. The summed E-state index contributed by atoms with van der Waals surface area (Å²) in [5, 5.41) is 19.3. The third-order valence-corrected chi connectivity index (χ3v) is 4.43. The Morgan fingerprint density at radius 2 is 1.86 bits per heavy atom. The zero-order valence-electron chi connectivity index (χ0n) is 11.8. The third-order valence-electron chi connectivity index (χ3n) is 4.18. The SMILES string of the molecule is OC1(c2ccc(Cl)cc2)CCN(CCn2ccnn2)CC1. The van der Waals surface area contributed by atoms with Crippen molar-refractivity contribution in [2.75, 3.05) is 19.6 Å². The molecule has 0 amide bonds. The smallest absolute Gasteiger partial charge is 0.0920 e. The minimum absolute atomic E-state index is 0.701. The van der Waals surface area contributed by atoms with Gasteiger partial charge in [0, 0.05) is 30.9 Å². The van der Waals surface area contributed by atoms with Crippen molar-refractivity contribution in [2.45, 2.75) is 25.0 Å². The molecule has 1 N–H and O–H groups in total. The molecule has 2 heterocycles. The van der Waals surface area contributed by atoms with Gasteiger partial charge in [0.1, 0.15) is 0 Å². The predicted octanol–water partition coefficient (Wildman–Crippen LogP) is 1.92. The van der Waals surface area contributed by atoms with Gasteiger partial charge in [-0.25, -0.2) is 0 Å². The lowest BCUT2D eigenvalue weighted by molar-refractivity contribution is -0.0265. The summed E-state index contributed by atoms with van der Waals surface area (Å²) in [5.41, 5.74) is 0.233. The standard InChI is InChI=1S/C15H19ClN4O/c16-14-3-1-13(2-4-14)15(21)5-8-19(9-6-15)11-12-20-10-7-17-18-20/h1-4,7,10,21H,5-6,8-9,11-12H2. The Bertz CT molecular complexity index is 562. The molecule has 2 aromatic rings. The molecule has 112 valence electrons. The van der Waals surface area contributed by atoms with Crippen molar-refractivity contribution in [2.24, 2.45) is 0 Å². The van der Waals surface area contributed by atoms with Gasteiger partial charge in [-0.2, -0.15) is 0 Å². The fourth-order valence-corrected chi connectivity index (χ4v) is 2.92. The Morgan fingerprint density at radius 1 is 1.14 bits per heavy atom. The summed E-state index contributed by atoms with van der Waals surface area (Å²) in [4.78, 5) is 2.35. The Hall–Kier alpha value is -1.43. The molecule has 0 saturated carbocycles. The Morgan fingerprint density at radius 3 is 2.48 bits per heavy atom. The number of likely N-dealkylation sites (tertiary alicyclic amines) is 1. The molecule has 21 heavy (non-hydrogen) atoms. The van der Waals surface area contributed by atoms with E-state index in [1.54, 1.807) is 6.20 Å². The molecular weight excluding hydrogens is 288 g/mol. The molecule has 1 aliphatic rings. The summed E-state index contributed by atoms with van der Waals surface area (Å²) in [5.74, 6) is 0. The number of rotatable bonds is 4. The summed E-state index contributed by atoms with van der Waals surface area (Å²) in [6.45, 7) is 3.53. The van der Waals surface area contributed by atoms with Crippen LogP contribution in [0.15, 0.2) is 36.7 Å². The number of aliphatic hydroxyl groups is 1. The summed E-state index contributed by atoms with van der Waals surface area (Å²) in [6, 6.07) is 7.53. The van der Waals surface area contributed by atoms with Gasteiger partial charge in [-0.05, 0) is 30.5 Å². The van der Waals surface area contributed by atoms with Crippen LogP contribution in [-0.2, 0) is 12.1 Å². The Labute approximate surface area is 129 Å². The van der Waals surface area contributed by atoms with E-state index in [1.807, 2.05) is 35.1 Å². The molecule has 1 fully saturated rings. The molecule has 3 rings (SSSR count). The predicted molar refractivity (Wildman–Crippen MR) is 81.0 cm³/mol. The molecule has 5 nitrogen and oxygen atoms in total. The van der Waals surface area contributed by atoms with Crippen LogP contribution in [0.5, 0.6) is 0 Å². The first-order valence-electron chi connectivity index (χ1n) is 7.21. The second-order valence-corrected chi connectivity index (χ2v) is 5.98. The molecule has 0 bridgehead atoms. The molecule has 1 saturated heterocycles. The number of hydrogen-bond donors (Lipinski definition) is 1. The van der Waals surface area contributed by atoms with Gasteiger partial charge < -0.3 is 10.0 Å².